The SMILES string of the molecule is CC(N)CCCNc1nc(C2CC2)ns1. The molecule has 0 saturated heterocycles. The van der Waals surface area contributed by atoms with Gasteiger partial charge in [-0.3, -0.25) is 0 Å². The molecule has 4 nitrogen and oxygen atoms in total. The average Bonchev–Trinajstić information content (AvgIpc) is 2.94. The van der Waals surface area contributed by atoms with Crippen molar-refractivity contribution in [2.45, 2.75) is 44.6 Å². The summed E-state index contributed by atoms with van der Waals surface area (Å²) in [6.45, 7) is 2.98. The third-order valence-corrected chi connectivity index (χ3v) is 3.18. The normalized spacial score (nSPS) is 17.7. The highest BCUT2D eigenvalue weighted by atomic mass is 32.1. The molecule has 0 radical (unpaired) electrons. The number of nitrogens with zero attached hydrogens (tertiary/aromatic N) is 2. The summed E-state index contributed by atoms with van der Waals surface area (Å²) in [4.78, 5) is 4.45. The number of hydrogen-bond donors (Lipinski definition) is 2. The minimum Gasteiger partial charge on any atom is -0.360 e. The average molecular weight is 226 g/mol. The van der Waals surface area contributed by atoms with Gasteiger partial charge in [-0.2, -0.15) is 4.37 Å². The maximum Gasteiger partial charge on any atom is 0.202 e. The van der Waals surface area contributed by atoms with Crippen molar-refractivity contribution in [3.63, 3.8) is 0 Å². The molecule has 15 heavy (non-hydrogen) atoms. The van der Waals surface area contributed by atoms with Gasteiger partial charge in [0, 0.05) is 30.0 Å². The molecule has 1 heterocycles. The molecule has 1 fully saturated rings. The number of rotatable bonds is 6. The van der Waals surface area contributed by atoms with Gasteiger partial charge < -0.3 is 11.1 Å². The van der Waals surface area contributed by atoms with Gasteiger partial charge in [0.2, 0.25) is 5.13 Å². The van der Waals surface area contributed by atoms with Gasteiger partial charge in [0.15, 0.2) is 0 Å². The standard InChI is InChI=1S/C10H18N4S/c1-7(11)3-2-6-12-10-13-9(14-15-10)8-4-5-8/h7-8H,2-6,11H2,1H3,(H,12,13,14). The third kappa shape index (κ3) is 3.43. The summed E-state index contributed by atoms with van der Waals surface area (Å²) in [5, 5.41) is 4.25. The lowest BCUT2D eigenvalue weighted by Gasteiger charge is -2.04. The van der Waals surface area contributed by atoms with Crippen LogP contribution >= 0.6 is 11.5 Å². The fourth-order valence-corrected chi connectivity index (χ4v) is 2.10. The minimum atomic E-state index is 0.295. The van der Waals surface area contributed by atoms with Crippen LogP contribution in [0, 0.1) is 0 Å². The molecule has 1 aromatic rings. The van der Waals surface area contributed by atoms with E-state index in [1.165, 1.54) is 24.4 Å². The van der Waals surface area contributed by atoms with E-state index in [1.807, 2.05) is 6.92 Å². The van der Waals surface area contributed by atoms with E-state index < -0.39 is 0 Å². The largest absolute Gasteiger partial charge is 0.360 e. The Labute approximate surface area is 94.5 Å². The molecule has 0 amide bonds. The van der Waals surface area contributed by atoms with Crippen LogP contribution in [0.15, 0.2) is 0 Å². The van der Waals surface area contributed by atoms with Crippen molar-refractivity contribution in [3.05, 3.63) is 5.82 Å². The second-order valence-corrected chi connectivity index (χ2v) is 5.03. The van der Waals surface area contributed by atoms with E-state index in [9.17, 15) is 0 Å². The van der Waals surface area contributed by atoms with Crippen LogP contribution in [0.1, 0.15) is 44.3 Å². The Morgan fingerprint density at radius 2 is 2.40 bits per heavy atom. The van der Waals surface area contributed by atoms with E-state index in [0.717, 1.165) is 30.3 Å². The molecule has 0 aromatic carbocycles. The van der Waals surface area contributed by atoms with Gasteiger partial charge in [0.05, 0.1) is 0 Å². The van der Waals surface area contributed by atoms with Crippen molar-refractivity contribution in [2.24, 2.45) is 5.73 Å². The first-order valence-corrected chi connectivity index (χ1v) is 6.36. The Morgan fingerprint density at radius 3 is 3.07 bits per heavy atom. The Bertz CT molecular complexity index is 306. The number of anilines is 1. The van der Waals surface area contributed by atoms with Crippen molar-refractivity contribution in [3.8, 4) is 0 Å². The molecule has 84 valence electrons. The van der Waals surface area contributed by atoms with E-state index in [4.69, 9.17) is 5.73 Å². The van der Waals surface area contributed by atoms with E-state index >= 15 is 0 Å². The number of nitrogens with two attached hydrogens (primary N) is 1. The first kappa shape index (κ1) is 10.8. The van der Waals surface area contributed by atoms with Crippen LogP contribution in [-0.4, -0.2) is 21.9 Å². The maximum absolute atomic E-state index is 5.67. The van der Waals surface area contributed by atoms with Crippen LogP contribution in [0.3, 0.4) is 0 Å². The molecule has 2 rings (SSSR count). The highest BCUT2D eigenvalue weighted by Crippen LogP contribution is 2.39. The van der Waals surface area contributed by atoms with Crippen LogP contribution in [0.25, 0.3) is 0 Å². The summed E-state index contributed by atoms with van der Waals surface area (Å²) in [5.41, 5.74) is 5.67. The summed E-state index contributed by atoms with van der Waals surface area (Å²) in [6.07, 6.45) is 4.68. The van der Waals surface area contributed by atoms with Crippen LogP contribution in [0.2, 0.25) is 0 Å². The molecule has 3 N–H and O–H groups in total. The minimum absolute atomic E-state index is 0.295. The second-order valence-electron chi connectivity index (χ2n) is 4.28. The zero-order valence-electron chi connectivity index (χ0n) is 9.07. The smallest absolute Gasteiger partial charge is 0.202 e. The molecule has 0 aliphatic heterocycles. The first-order chi connectivity index (χ1) is 7.25. The molecular weight excluding hydrogens is 208 g/mol. The highest BCUT2D eigenvalue weighted by Gasteiger charge is 2.27. The lowest BCUT2D eigenvalue weighted by atomic mass is 10.2. The van der Waals surface area contributed by atoms with Gasteiger partial charge in [0.25, 0.3) is 0 Å². The zero-order valence-corrected chi connectivity index (χ0v) is 9.89. The fourth-order valence-electron chi connectivity index (χ4n) is 1.43. The zero-order chi connectivity index (χ0) is 10.7. The predicted octanol–water partition coefficient (Wildman–Crippen LogP) is 1.95. The number of nitrogens with one attached hydrogen (secondary N) is 1. The maximum atomic E-state index is 5.67. The summed E-state index contributed by atoms with van der Waals surface area (Å²) in [6, 6.07) is 0.295. The van der Waals surface area contributed by atoms with E-state index in [1.54, 1.807) is 0 Å². The summed E-state index contributed by atoms with van der Waals surface area (Å²) >= 11 is 1.47. The molecule has 1 aliphatic carbocycles. The predicted molar refractivity (Wildman–Crippen MR) is 63.3 cm³/mol. The van der Waals surface area contributed by atoms with Gasteiger partial charge in [-0.15, -0.1) is 0 Å². The quantitative estimate of drug-likeness (QED) is 0.728. The van der Waals surface area contributed by atoms with Crippen LogP contribution in [-0.2, 0) is 0 Å². The van der Waals surface area contributed by atoms with E-state index in [0.29, 0.717) is 12.0 Å². The van der Waals surface area contributed by atoms with E-state index in [2.05, 4.69) is 14.7 Å². The molecular formula is C10H18N4S. The first-order valence-electron chi connectivity index (χ1n) is 5.59. The monoisotopic (exact) mass is 226 g/mol. The number of hydrogen-bond acceptors (Lipinski definition) is 5. The van der Waals surface area contributed by atoms with Gasteiger partial charge in [-0.05, 0) is 32.6 Å². The summed E-state index contributed by atoms with van der Waals surface area (Å²) < 4.78 is 4.34. The molecule has 1 atom stereocenters. The van der Waals surface area contributed by atoms with Crippen LogP contribution in [0.5, 0.6) is 0 Å². The van der Waals surface area contributed by atoms with Gasteiger partial charge >= 0.3 is 0 Å². The molecule has 5 heteroatoms. The van der Waals surface area contributed by atoms with Crippen molar-refractivity contribution in [1.82, 2.24) is 9.36 Å². The van der Waals surface area contributed by atoms with Crippen LogP contribution in [0.4, 0.5) is 5.13 Å². The lowest BCUT2D eigenvalue weighted by molar-refractivity contribution is 0.639. The molecule has 0 bridgehead atoms. The van der Waals surface area contributed by atoms with E-state index in [-0.39, 0.29) is 0 Å². The van der Waals surface area contributed by atoms with Gasteiger partial charge in [-0.1, -0.05) is 0 Å². The topological polar surface area (TPSA) is 63.8 Å². The molecule has 1 saturated carbocycles. The Morgan fingerprint density at radius 1 is 1.60 bits per heavy atom. The number of aromatic nitrogens is 2. The molecule has 1 aromatic heterocycles. The molecule has 0 spiro atoms. The molecule has 1 aliphatic rings. The van der Waals surface area contributed by atoms with Crippen LogP contribution < -0.4 is 11.1 Å². The fraction of sp³-hybridized carbons (Fsp3) is 0.800. The van der Waals surface area contributed by atoms with Crippen molar-refractivity contribution in [1.29, 1.82) is 0 Å². The summed E-state index contributed by atoms with van der Waals surface area (Å²) in [7, 11) is 0. The molecule has 1 unspecified atom stereocenters. The Balaban J connectivity index is 1.69. The third-order valence-electron chi connectivity index (χ3n) is 2.50. The Kier molecular flexibility index (Phi) is 3.53. The highest BCUT2D eigenvalue weighted by molar-refractivity contribution is 7.09. The van der Waals surface area contributed by atoms with Crippen molar-refractivity contribution >= 4 is 16.7 Å². The van der Waals surface area contributed by atoms with Crippen molar-refractivity contribution < 1.29 is 0 Å². The summed E-state index contributed by atoms with van der Waals surface area (Å²) in [5.74, 6) is 1.69. The Hall–Kier alpha value is -0.680. The van der Waals surface area contributed by atoms with Gasteiger partial charge in [0.1, 0.15) is 5.82 Å². The van der Waals surface area contributed by atoms with Crippen molar-refractivity contribution in [2.75, 3.05) is 11.9 Å². The van der Waals surface area contributed by atoms with Gasteiger partial charge in [-0.25, -0.2) is 4.98 Å². The second kappa shape index (κ2) is 4.90. The lowest BCUT2D eigenvalue weighted by Crippen LogP contribution is -2.16.